The van der Waals surface area contributed by atoms with Gasteiger partial charge in [0.2, 0.25) is 17.7 Å². The molecule has 37 heavy (non-hydrogen) atoms. The van der Waals surface area contributed by atoms with Crippen LogP contribution >= 0.6 is 23.1 Å². The number of carbonyl (C=O) groups excluding carboxylic acids is 3. The zero-order valence-corrected chi connectivity index (χ0v) is 22.1. The lowest BCUT2D eigenvalue weighted by Gasteiger charge is -2.19. The van der Waals surface area contributed by atoms with Crippen molar-refractivity contribution >= 4 is 67.6 Å². The summed E-state index contributed by atoms with van der Waals surface area (Å²) in [5.74, 6) is -0.0381. The number of anilines is 1. The summed E-state index contributed by atoms with van der Waals surface area (Å²) in [5.41, 5.74) is 4.98. The van der Waals surface area contributed by atoms with E-state index in [2.05, 4.69) is 6.07 Å². The third kappa shape index (κ3) is 3.76. The average Bonchev–Trinajstić information content (AvgIpc) is 3.57. The molecule has 3 heterocycles. The highest BCUT2D eigenvalue weighted by Crippen LogP contribution is 2.41. The van der Waals surface area contributed by atoms with Gasteiger partial charge < -0.3 is 0 Å². The molecular formula is C29H27N3O3S2. The first-order valence-electron chi connectivity index (χ1n) is 13.2. The van der Waals surface area contributed by atoms with Crippen LogP contribution in [-0.4, -0.2) is 33.0 Å². The fourth-order valence-electron chi connectivity index (χ4n) is 6.48. The summed E-state index contributed by atoms with van der Waals surface area (Å²) in [6.45, 7) is 0. The number of imide groups is 1. The first-order chi connectivity index (χ1) is 18.1. The van der Waals surface area contributed by atoms with Gasteiger partial charge in [0.05, 0.1) is 39.0 Å². The molecule has 8 heteroatoms. The van der Waals surface area contributed by atoms with Crippen LogP contribution in [0.5, 0.6) is 0 Å². The number of para-hydroxylation sites is 1. The number of thioether (sulfide) groups is 1. The Morgan fingerprint density at radius 2 is 1.73 bits per heavy atom. The molecule has 7 rings (SSSR count). The molecule has 188 valence electrons. The number of fused-ring (bicyclic) bond motifs is 5. The van der Waals surface area contributed by atoms with Crippen molar-refractivity contribution in [2.24, 2.45) is 11.8 Å². The molecule has 2 aromatic heterocycles. The standard InChI is InChI=1S/C29H27N3O3S2/c33-26(32-23-11-5-3-7-18(23)19-8-4-6-12-24(19)32)16-36-29-30-22-14-13-17(15-25(22)37-29)31-27(34)20-9-1-2-10-21(20)28(31)35/h3,5,7,11,13-15,20-21H,1-2,4,6,8-10,12,16H2/t20-,21+. The number of nitrogens with zero attached hydrogens (tertiary/aromatic N) is 3. The molecule has 2 amide bonds. The number of rotatable bonds is 4. The molecule has 0 N–H and O–H groups in total. The zero-order valence-electron chi connectivity index (χ0n) is 20.4. The molecule has 1 aliphatic heterocycles. The van der Waals surface area contributed by atoms with Crippen molar-refractivity contribution in [2.75, 3.05) is 10.7 Å². The van der Waals surface area contributed by atoms with Crippen molar-refractivity contribution in [3.05, 3.63) is 53.7 Å². The van der Waals surface area contributed by atoms with E-state index in [1.807, 2.05) is 41.0 Å². The number of thiazole rings is 1. The van der Waals surface area contributed by atoms with Gasteiger partial charge in [-0.1, -0.05) is 42.8 Å². The summed E-state index contributed by atoms with van der Waals surface area (Å²) in [5, 5.41) is 1.20. The van der Waals surface area contributed by atoms with E-state index in [0.29, 0.717) is 11.4 Å². The number of aryl methyl sites for hydroxylation is 1. The van der Waals surface area contributed by atoms with E-state index in [0.717, 1.165) is 65.0 Å². The minimum atomic E-state index is -0.161. The molecule has 4 aromatic rings. The molecule has 2 aliphatic carbocycles. The van der Waals surface area contributed by atoms with Crippen LogP contribution in [0.1, 0.15) is 54.6 Å². The second-order valence-corrected chi connectivity index (χ2v) is 12.6. The Labute approximate surface area is 223 Å². The van der Waals surface area contributed by atoms with Crippen molar-refractivity contribution in [3.8, 4) is 0 Å². The third-order valence-electron chi connectivity index (χ3n) is 8.20. The van der Waals surface area contributed by atoms with Crippen molar-refractivity contribution in [3.63, 3.8) is 0 Å². The van der Waals surface area contributed by atoms with Gasteiger partial charge in [-0.2, -0.15) is 0 Å². The first-order valence-corrected chi connectivity index (χ1v) is 15.0. The predicted molar refractivity (Wildman–Crippen MR) is 147 cm³/mol. The molecule has 1 saturated carbocycles. The lowest BCUT2D eigenvalue weighted by molar-refractivity contribution is -0.122. The SMILES string of the molecule is O=C1[C@H]2CCCC[C@H]2C(=O)N1c1ccc2nc(SCC(=O)n3c4c(c5ccccc53)CCCC4)sc2c1. The van der Waals surface area contributed by atoms with Crippen LogP contribution in [0, 0.1) is 11.8 Å². The largest absolute Gasteiger partial charge is 0.283 e. The van der Waals surface area contributed by atoms with Crippen LogP contribution in [0.25, 0.3) is 21.1 Å². The van der Waals surface area contributed by atoms with Crippen LogP contribution in [0.4, 0.5) is 5.69 Å². The van der Waals surface area contributed by atoms with Crippen molar-refractivity contribution < 1.29 is 14.4 Å². The maximum absolute atomic E-state index is 13.4. The highest BCUT2D eigenvalue weighted by atomic mass is 32.2. The maximum atomic E-state index is 13.4. The number of carbonyl (C=O) groups is 3. The Morgan fingerprint density at radius 1 is 0.973 bits per heavy atom. The van der Waals surface area contributed by atoms with E-state index in [1.54, 1.807) is 0 Å². The van der Waals surface area contributed by atoms with E-state index in [9.17, 15) is 14.4 Å². The third-order valence-corrected chi connectivity index (χ3v) is 10.3. The summed E-state index contributed by atoms with van der Waals surface area (Å²) in [4.78, 5) is 45.6. The molecule has 2 aromatic carbocycles. The molecule has 2 atom stereocenters. The Kier molecular flexibility index (Phi) is 5.70. The van der Waals surface area contributed by atoms with Gasteiger partial charge in [-0.15, -0.1) is 11.3 Å². The first kappa shape index (κ1) is 23.2. The van der Waals surface area contributed by atoms with E-state index in [1.165, 1.54) is 51.1 Å². The molecular weight excluding hydrogens is 502 g/mol. The average molecular weight is 530 g/mol. The van der Waals surface area contributed by atoms with Gasteiger partial charge in [-0.25, -0.2) is 4.98 Å². The van der Waals surface area contributed by atoms with Gasteiger partial charge in [-0.3, -0.25) is 23.9 Å². The van der Waals surface area contributed by atoms with E-state index >= 15 is 0 Å². The van der Waals surface area contributed by atoms with Crippen LogP contribution in [0.15, 0.2) is 46.8 Å². The second-order valence-electron chi connectivity index (χ2n) is 10.3. The Bertz CT molecular complexity index is 1560. The Morgan fingerprint density at radius 3 is 2.54 bits per heavy atom. The Hall–Kier alpha value is -2.97. The number of aromatic nitrogens is 2. The summed E-state index contributed by atoms with van der Waals surface area (Å²) in [6.07, 6.45) is 7.92. The highest BCUT2D eigenvalue weighted by Gasteiger charge is 2.48. The van der Waals surface area contributed by atoms with Gasteiger partial charge in [-0.05, 0) is 68.4 Å². The number of amides is 2. The quantitative estimate of drug-likeness (QED) is 0.231. The summed E-state index contributed by atoms with van der Waals surface area (Å²) < 4.78 is 3.68. The fraction of sp³-hybridized carbons (Fsp3) is 0.379. The van der Waals surface area contributed by atoms with E-state index in [-0.39, 0.29) is 29.6 Å². The molecule has 1 saturated heterocycles. The van der Waals surface area contributed by atoms with Gasteiger partial charge in [0.1, 0.15) is 0 Å². The van der Waals surface area contributed by atoms with Gasteiger partial charge >= 0.3 is 0 Å². The normalized spacial score (nSPS) is 21.6. The molecule has 2 fully saturated rings. The van der Waals surface area contributed by atoms with E-state index in [4.69, 9.17) is 4.98 Å². The molecule has 6 nitrogen and oxygen atoms in total. The van der Waals surface area contributed by atoms with E-state index < -0.39 is 0 Å². The Balaban J connectivity index is 1.13. The van der Waals surface area contributed by atoms with Gasteiger partial charge in [0.25, 0.3) is 0 Å². The topological polar surface area (TPSA) is 72.3 Å². The molecule has 0 bridgehead atoms. The smallest absolute Gasteiger partial charge is 0.241 e. The van der Waals surface area contributed by atoms with Crippen LogP contribution < -0.4 is 4.90 Å². The van der Waals surface area contributed by atoms with Crippen LogP contribution in [0.2, 0.25) is 0 Å². The fourth-order valence-corrected chi connectivity index (χ4v) is 8.43. The minimum Gasteiger partial charge on any atom is -0.283 e. The number of hydrogen-bond acceptors (Lipinski definition) is 6. The van der Waals surface area contributed by atoms with Crippen LogP contribution in [0.3, 0.4) is 0 Å². The summed E-state index contributed by atoms with van der Waals surface area (Å²) >= 11 is 2.97. The maximum Gasteiger partial charge on any atom is 0.241 e. The highest BCUT2D eigenvalue weighted by molar-refractivity contribution is 8.01. The van der Waals surface area contributed by atoms with Crippen LogP contribution in [-0.2, 0) is 22.4 Å². The zero-order chi connectivity index (χ0) is 25.1. The van der Waals surface area contributed by atoms with Crippen molar-refractivity contribution in [1.29, 1.82) is 0 Å². The molecule has 0 spiro atoms. The van der Waals surface area contributed by atoms with Gasteiger partial charge in [0.15, 0.2) is 4.34 Å². The second kappa shape index (κ2) is 9.10. The lowest BCUT2D eigenvalue weighted by Crippen LogP contribution is -2.30. The minimum absolute atomic E-state index is 0.0546. The van der Waals surface area contributed by atoms with Gasteiger partial charge in [0, 0.05) is 11.1 Å². The lowest BCUT2D eigenvalue weighted by atomic mass is 9.81. The molecule has 3 aliphatic rings. The van der Waals surface area contributed by atoms with Crippen molar-refractivity contribution in [1.82, 2.24) is 9.55 Å². The predicted octanol–water partition coefficient (Wildman–Crippen LogP) is 6.24. The molecule has 0 radical (unpaired) electrons. The summed E-state index contributed by atoms with van der Waals surface area (Å²) in [6, 6.07) is 13.8. The molecule has 0 unspecified atom stereocenters. The number of hydrogen-bond donors (Lipinski definition) is 0. The summed E-state index contributed by atoms with van der Waals surface area (Å²) in [7, 11) is 0. The number of benzene rings is 2. The van der Waals surface area contributed by atoms with Crippen molar-refractivity contribution in [2.45, 2.75) is 55.7 Å². The monoisotopic (exact) mass is 529 g/mol.